The van der Waals surface area contributed by atoms with E-state index in [9.17, 15) is 9.59 Å². The summed E-state index contributed by atoms with van der Waals surface area (Å²) < 4.78 is 0. The number of carbonyl (C=O) groups excluding carboxylic acids is 2. The van der Waals surface area contributed by atoms with E-state index in [-0.39, 0.29) is 17.9 Å². The Morgan fingerprint density at radius 1 is 1.00 bits per heavy atom. The number of nitrogens with one attached hydrogen (secondary N) is 3. The molecule has 0 saturated heterocycles. The van der Waals surface area contributed by atoms with Crippen molar-refractivity contribution in [2.45, 2.75) is 19.4 Å². The summed E-state index contributed by atoms with van der Waals surface area (Å²) in [4.78, 5) is 23.7. The van der Waals surface area contributed by atoms with Gasteiger partial charge in [-0.15, -0.1) is 0 Å². The van der Waals surface area contributed by atoms with Crippen LogP contribution in [0.5, 0.6) is 0 Å². The van der Waals surface area contributed by atoms with E-state index in [1.165, 1.54) is 0 Å². The van der Waals surface area contributed by atoms with Gasteiger partial charge in [-0.25, -0.2) is 4.79 Å². The highest BCUT2D eigenvalue weighted by molar-refractivity contribution is 6.30. The Labute approximate surface area is 145 Å². The minimum atomic E-state index is -0.301. The highest BCUT2D eigenvalue weighted by Gasteiger charge is 2.29. The van der Waals surface area contributed by atoms with Gasteiger partial charge >= 0.3 is 6.03 Å². The van der Waals surface area contributed by atoms with Crippen molar-refractivity contribution in [3.05, 3.63) is 59.1 Å². The number of hydrogen-bond donors (Lipinski definition) is 3. The van der Waals surface area contributed by atoms with Crippen LogP contribution in [0.2, 0.25) is 5.02 Å². The van der Waals surface area contributed by atoms with Crippen LogP contribution < -0.4 is 16.0 Å². The summed E-state index contributed by atoms with van der Waals surface area (Å²) in [5.74, 6) is 0.234. The maximum absolute atomic E-state index is 11.9. The molecule has 5 nitrogen and oxygen atoms in total. The molecule has 0 bridgehead atoms. The van der Waals surface area contributed by atoms with Crippen LogP contribution in [0, 0.1) is 5.92 Å². The number of halogens is 1. The molecule has 1 aliphatic rings. The maximum atomic E-state index is 11.9. The Morgan fingerprint density at radius 3 is 2.46 bits per heavy atom. The van der Waals surface area contributed by atoms with Gasteiger partial charge in [0.15, 0.2) is 0 Å². The fraction of sp³-hybridized carbons (Fsp3) is 0.222. The van der Waals surface area contributed by atoms with Crippen LogP contribution in [0.4, 0.5) is 16.2 Å². The molecule has 3 N–H and O–H groups in total. The summed E-state index contributed by atoms with van der Waals surface area (Å²) >= 11 is 5.81. The molecule has 0 atom stereocenters. The zero-order valence-corrected chi connectivity index (χ0v) is 13.8. The molecule has 0 heterocycles. The molecule has 0 aromatic heterocycles. The van der Waals surface area contributed by atoms with E-state index in [2.05, 4.69) is 16.0 Å². The number of rotatable bonds is 5. The molecule has 1 aliphatic carbocycles. The number of urea groups is 1. The lowest BCUT2D eigenvalue weighted by molar-refractivity contribution is -0.117. The fourth-order valence-corrected chi connectivity index (χ4v) is 2.37. The van der Waals surface area contributed by atoms with Crippen molar-refractivity contribution in [1.29, 1.82) is 0 Å². The van der Waals surface area contributed by atoms with Crippen LogP contribution >= 0.6 is 11.6 Å². The molecule has 0 aliphatic heterocycles. The third-order valence-corrected chi connectivity index (χ3v) is 3.95. The third-order valence-electron chi connectivity index (χ3n) is 3.70. The minimum Gasteiger partial charge on any atom is -0.334 e. The quantitative estimate of drug-likeness (QED) is 0.767. The molecule has 2 aromatic rings. The number of amides is 3. The Hall–Kier alpha value is -2.53. The first-order valence-corrected chi connectivity index (χ1v) is 8.18. The largest absolute Gasteiger partial charge is 0.334 e. The van der Waals surface area contributed by atoms with Crippen LogP contribution in [0.1, 0.15) is 18.4 Å². The number of benzene rings is 2. The van der Waals surface area contributed by atoms with Crippen molar-refractivity contribution in [1.82, 2.24) is 5.32 Å². The van der Waals surface area contributed by atoms with Crippen molar-refractivity contribution in [2.75, 3.05) is 10.6 Å². The Bertz CT molecular complexity index is 742. The van der Waals surface area contributed by atoms with Crippen LogP contribution in [0.25, 0.3) is 0 Å². The molecule has 24 heavy (non-hydrogen) atoms. The smallest absolute Gasteiger partial charge is 0.319 e. The van der Waals surface area contributed by atoms with Gasteiger partial charge in [0, 0.05) is 28.9 Å². The Balaban J connectivity index is 1.51. The van der Waals surface area contributed by atoms with Crippen LogP contribution in [0.3, 0.4) is 0 Å². The van der Waals surface area contributed by atoms with Gasteiger partial charge < -0.3 is 16.0 Å². The van der Waals surface area contributed by atoms with Gasteiger partial charge in [0.2, 0.25) is 5.91 Å². The first-order chi connectivity index (χ1) is 11.6. The Morgan fingerprint density at radius 2 is 1.75 bits per heavy atom. The molecule has 2 aromatic carbocycles. The van der Waals surface area contributed by atoms with Crippen molar-refractivity contribution < 1.29 is 9.59 Å². The lowest BCUT2D eigenvalue weighted by atomic mass is 10.2. The van der Waals surface area contributed by atoms with Gasteiger partial charge in [0.1, 0.15) is 0 Å². The number of hydrogen-bond acceptors (Lipinski definition) is 2. The number of anilines is 2. The molecule has 3 amide bonds. The van der Waals surface area contributed by atoms with E-state index in [1.54, 1.807) is 24.3 Å². The molecule has 0 unspecified atom stereocenters. The van der Waals surface area contributed by atoms with Crippen LogP contribution in [-0.4, -0.2) is 11.9 Å². The highest BCUT2D eigenvalue weighted by Crippen LogP contribution is 2.30. The van der Waals surface area contributed by atoms with Crippen LogP contribution in [0.15, 0.2) is 48.5 Å². The summed E-state index contributed by atoms with van der Waals surface area (Å²) in [6, 6.07) is 14.1. The minimum absolute atomic E-state index is 0.0700. The first kappa shape index (κ1) is 16.3. The first-order valence-electron chi connectivity index (χ1n) is 7.80. The lowest BCUT2D eigenvalue weighted by Crippen LogP contribution is -2.28. The molecule has 0 radical (unpaired) electrons. The average molecular weight is 344 g/mol. The monoisotopic (exact) mass is 343 g/mol. The van der Waals surface area contributed by atoms with Crippen molar-refractivity contribution in [3.63, 3.8) is 0 Å². The predicted octanol–water partition coefficient (Wildman–Crippen LogP) is 4.01. The SMILES string of the molecule is O=C(NCc1cccc(NC(=O)C2CC2)c1)Nc1ccc(Cl)cc1. The Kier molecular flexibility index (Phi) is 5.01. The van der Waals surface area contributed by atoms with Crippen molar-refractivity contribution in [3.8, 4) is 0 Å². The third kappa shape index (κ3) is 4.73. The highest BCUT2D eigenvalue weighted by atomic mass is 35.5. The summed E-state index contributed by atoms with van der Waals surface area (Å²) in [5.41, 5.74) is 2.33. The van der Waals surface area contributed by atoms with Crippen LogP contribution in [-0.2, 0) is 11.3 Å². The summed E-state index contributed by atoms with van der Waals surface area (Å²) in [5, 5.41) is 9.03. The van der Waals surface area contributed by atoms with E-state index >= 15 is 0 Å². The van der Waals surface area contributed by atoms with E-state index in [1.807, 2.05) is 24.3 Å². The van der Waals surface area contributed by atoms with E-state index < -0.39 is 0 Å². The topological polar surface area (TPSA) is 70.2 Å². The standard InChI is InChI=1S/C18H18ClN3O2/c19-14-6-8-15(9-7-14)22-18(24)20-11-12-2-1-3-16(10-12)21-17(23)13-4-5-13/h1-3,6-10,13H,4-5,11H2,(H,21,23)(H2,20,22,24). The van der Waals surface area contributed by atoms with Crippen molar-refractivity contribution >= 4 is 34.9 Å². The van der Waals surface area contributed by atoms with Gasteiger partial charge in [-0.2, -0.15) is 0 Å². The molecule has 3 rings (SSSR count). The molecular formula is C18H18ClN3O2. The summed E-state index contributed by atoms with van der Waals surface area (Å²) in [6.07, 6.45) is 1.94. The van der Waals surface area contributed by atoms with Gasteiger partial charge in [-0.05, 0) is 54.8 Å². The second-order valence-corrected chi connectivity index (χ2v) is 6.21. The summed E-state index contributed by atoms with van der Waals surface area (Å²) in [7, 11) is 0. The molecule has 124 valence electrons. The fourth-order valence-electron chi connectivity index (χ4n) is 2.24. The van der Waals surface area contributed by atoms with Gasteiger partial charge in [-0.1, -0.05) is 23.7 Å². The lowest BCUT2D eigenvalue weighted by Gasteiger charge is -2.09. The second-order valence-electron chi connectivity index (χ2n) is 5.78. The maximum Gasteiger partial charge on any atom is 0.319 e. The van der Waals surface area contributed by atoms with E-state index in [0.717, 1.165) is 24.1 Å². The summed E-state index contributed by atoms with van der Waals surface area (Å²) in [6.45, 7) is 0.368. The number of carbonyl (C=O) groups is 2. The van der Waals surface area contributed by atoms with Crippen molar-refractivity contribution in [2.24, 2.45) is 5.92 Å². The normalized spacial score (nSPS) is 13.2. The predicted molar refractivity (Wildman–Crippen MR) is 95.1 cm³/mol. The van der Waals surface area contributed by atoms with Gasteiger partial charge in [0.25, 0.3) is 0 Å². The molecule has 0 spiro atoms. The zero-order valence-electron chi connectivity index (χ0n) is 13.0. The molecule has 1 saturated carbocycles. The molecule has 6 heteroatoms. The van der Waals surface area contributed by atoms with Gasteiger partial charge in [-0.3, -0.25) is 4.79 Å². The average Bonchev–Trinajstić information content (AvgIpc) is 3.41. The van der Waals surface area contributed by atoms with Gasteiger partial charge in [0.05, 0.1) is 0 Å². The molecular weight excluding hydrogens is 326 g/mol. The van der Waals surface area contributed by atoms with E-state index in [0.29, 0.717) is 17.3 Å². The molecule has 1 fully saturated rings. The second kappa shape index (κ2) is 7.36. The zero-order chi connectivity index (χ0) is 16.9. The van der Waals surface area contributed by atoms with E-state index in [4.69, 9.17) is 11.6 Å².